The third kappa shape index (κ3) is 6.01. The average molecular weight is 622 g/mol. The fraction of sp³-hybridized carbons (Fsp3) is 0.854. The topological polar surface area (TPSA) is 66.4 Å². The van der Waals surface area contributed by atoms with E-state index in [1.165, 1.54) is 63.4 Å². The summed E-state index contributed by atoms with van der Waals surface area (Å²) in [5.74, 6) is 2.70. The predicted octanol–water partition coefficient (Wildman–Crippen LogP) is 10.5. The maximum atomic E-state index is 14.3. The number of carbonyl (C=O) groups is 2. The number of unbranched alkanes of at least 4 members (excludes halogenated alkanes) is 7. The summed E-state index contributed by atoms with van der Waals surface area (Å²) >= 11 is 0. The second-order valence-electron chi connectivity index (χ2n) is 18.0. The highest BCUT2D eigenvalue weighted by atomic mass is 16.4. The first kappa shape index (κ1) is 34.7. The molecule has 0 spiro atoms. The molecule has 0 aliphatic heterocycles. The maximum Gasteiger partial charge on any atom is 0.303 e. The number of fused-ring (bicyclic) bond motifs is 7. The van der Waals surface area contributed by atoms with E-state index in [-0.39, 0.29) is 16.2 Å². The number of amides is 1. The van der Waals surface area contributed by atoms with Crippen LogP contribution in [0.1, 0.15) is 157 Å². The van der Waals surface area contributed by atoms with Crippen molar-refractivity contribution < 1.29 is 14.7 Å². The Bertz CT molecular complexity index is 1140. The van der Waals surface area contributed by atoms with Crippen LogP contribution in [0.2, 0.25) is 0 Å². The summed E-state index contributed by atoms with van der Waals surface area (Å²) in [5.41, 5.74) is 2.34. The highest BCUT2D eigenvalue weighted by Crippen LogP contribution is 2.77. The van der Waals surface area contributed by atoms with E-state index in [4.69, 9.17) is 5.11 Å². The quantitative estimate of drug-likeness (QED) is 0.159. The minimum absolute atomic E-state index is 0.219. The molecule has 5 aliphatic rings. The molecule has 4 nitrogen and oxygen atoms in total. The van der Waals surface area contributed by atoms with Gasteiger partial charge in [-0.25, -0.2) is 0 Å². The number of carbonyl (C=O) groups excluding carboxylic acids is 1. The van der Waals surface area contributed by atoms with Crippen molar-refractivity contribution in [1.82, 2.24) is 5.32 Å². The van der Waals surface area contributed by atoms with Crippen molar-refractivity contribution >= 4 is 11.9 Å². The van der Waals surface area contributed by atoms with Gasteiger partial charge in [0.15, 0.2) is 0 Å². The summed E-state index contributed by atoms with van der Waals surface area (Å²) < 4.78 is 0. The average Bonchev–Trinajstić information content (AvgIpc) is 3.37. The van der Waals surface area contributed by atoms with Gasteiger partial charge in [0.05, 0.1) is 5.41 Å². The van der Waals surface area contributed by atoms with E-state index in [2.05, 4.69) is 65.6 Å². The fourth-order valence-corrected chi connectivity index (χ4v) is 13.0. The summed E-state index contributed by atoms with van der Waals surface area (Å²) in [6.45, 7) is 20.6. The zero-order valence-corrected chi connectivity index (χ0v) is 29.9. The molecule has 2 N–H and O–H groups in total. The van der Waals surface area contributed by atoms with E-state index < -0.39 is 5.97 Å². The molecule has 9 atom stereocenters. The van der Waals surface area contributed by atoms with Crippen molar-refractivity contribution in [2.45, 2.75) is 157 Å². The highest BCUT2D eigenvalue weighted by Gasteiger charge is 2.71. The Hall–Kier alpha value is -1.58. The summed E-state index contributed by atoms with van der Waals surface area (Å²) in [4.78, 5) is 25.0. The van der Waals surface area contributed by atoms with Crippen LogP contribution in [-0.2, 0) is 9.59 Å². The zero-order chi connectivity index (χ0) is 32.7. The van der Waals surface area contributed by atoms with Gasteiger partial charge < -0.3 is 10.4 Å². The Kier molecular flexibility index (Phi) is 10.1. The monoisotopic (exact) mass is 622 g/mol. The molecule has 0 radical (unpaired) electrons. The van der Waals surface area contributed by atoms with Crippen molar-refractivity contribution in [3.63, 3.8) is 0 Å². The number of carboxylic acid groups (broad SMARTS) is 1. The molecule has 4 heteroatoms. The molecule has 0 bridgehead atoms. The molecule has 0 unspecified atom stereocenters. The molecule has 254 valence electrons. The lowest BCUT2D eigenvalue weighted by Gasteiger charge is -2.72. The van der Waals surface area contributed by atoms with Crippen LogP contribution >= 0.6 is 0 Å². The van der Waals surface area contributed by atoms with Gasteiger partial charge in [-0.15, -0.1) is 0 Å². The molecule has 5 rings (SSSR count). The molecule has 4 fully saturated rings. The lowest BCUT2D eigenvalue weighted by atomic mass is 9.33. The summed E-state index contributed by atoms with van der Waals surface area (Å²) in [6, 6.07) is 0. The van der Waals surface area contributed by atoms with Gasteiger partial charge >= 0.3 is 5.97 Å². The smallest absolute Gasteiger partial charge is 0.303 e. The number of nitrogens with one attached hydrogen (secondary N) is 1. The van der Waals surface area contributed by atoms with Crippen LogP contribution in [0.4, 0.5) is 0 Å². The minimum Gasteiger partial charge on any atom is -0.481 e. The second-order valence-corrected chi connectivity index (χ2v) is 18.0. The van der Waals surface area contributed by atoms with Gasteiger partial charge in [-0.2, -0.15) is 0 Å². The van der Waals surface area contributed by atoms with Crippen molar-refractivity contribution in [3.8, 4) is 0 Å². The van der Waals surface area contributed by atoms with Crippen molar-refractivity contribution in [2.24, 2.45) is 56.7 Å². The maximum absolute atomic E-state index is 14.3. The van der Waals surface area contributed by atoms with Gasteiger partial charge in [-0.1, -0.05) is 97.4 Å². The number of carboxylic acids is 1. The molecule has 0 aromatic carbocycles. The fourth-order valence-electron chi connectivity index (χ4n) is 13.0. The van der Waals surface area contributed by atoms with Crippen LogP contribution in [0, 0.1) is 56.7 Å². The minimum atomic E-state index is -0.683. The van der Waals surface area contributed by atoms with Crippen molar-refractivity contribution in [3.05, 3.63) is 24.3 Å². The third-order valence-corrected chi connectivity index (χ3v) is 15.4. The van der Waals surface area contributed by atoms with E-state index >= 15 is 0 Å². The summed E-state index contributed by atoms with van der Waals surface area (Å²) in [5, 5.41) is 12.3. The molecule has 1 amide bonds. The largest absolute Gasteiger partial charge is 0.481 e. The van der Waals surface area contributed by atoms with Gasteiger partial charge in [0.1, 0.15) is 0 Å². The second kappa shape index (κ2) is 13.1. The van der Waals surface area contributed by atoms with Gasteiger partial charge in [-0.3, -0.25) is 9.59 Å². The van der Waals surface area contributed by atoms with E-state index in [1.54, 1.807) is 0 Å². The first-order chi connectivity index (χ1) is 21.2. The Labute approximate surface area is 276 Å². The van der Waals surface area contributed by atoms with Gasteiger partial charge in [-0.05, 0) is 129 Å². The number of rotatable bonds is 13. The number of aliphatic carboxylic acids is 1. The number of hydrogen-bond acceptors (Lipinski definition) is 2. The first-order valence-corrected chi connectivity index (χ1v) is 19.1. The molecule has 4 saturated carbocycles. The standard InChI is InChI=1S/C41H67NO3/c1-29(2)30-20-25-41(36(45)42-28-15-13-11-9-8-10-12-14-17-34(43)44)27-26-39(6)31(35(30)41)18-19-33-38(5)23-16-22-37(3,4)32(38)21-24-40(33,39)7/h16,22,30-33,35H,1,8-15,17-21,23-28H2,2-7H3,(H,42,45)(H,43,44)/t30-,31+,32-,33+,35+,38-,39+,40+,41-/m0/s1. The molecule has 0 aromatic heterocycles. The Morgan fingerprint density at radius 3 is 2.13 bits per heavy atom. The van der Waals surface area contributed by atoms with Crippen molar-refractivity contribution in [1.29, 1.82) is 0 Å². The van der Waals surface area contributed by atoms with Gasteiger partial charge in [0.25, 0.3) is 0 Å². The molecule has 0 heterocycles. The van der Waals surface area contributed by atoms with E-state index in [9.17, 15) is 9.59 Å². The lowest BCUT2D eigenvalue weighted by molar-refractivity contribution is -0.225. The van der Waals surface area contributed by atoms with Crippen LogP contribution in [0.3, 0.4) is 0 Å². The Morgan fingerprint density at radius 1 is 0.800 bits per heavy atom. The molecular weight excluding hydrogens is 554 g/mol. The molecule has 5 aliphatic carbocycles. The van der Waals surface area contributed by atoms with Crippen LogP contribution in [-0.4, -0.2) is 23.5 Å². The molecular formula is C41H67NO3. The third-order valence-electron chi connectivity index (χ3n) is 15.4. The predicted molar refractivity (Wildman–Crippen MR) is 186 cm³/mol. The Balaban J connectivity index is 1.24. The zero-order valence-electron chi connectivity index (χ0n) is 29.9. The van der Waals surface area contributed by atoms with E-state index in [0.29, 0.717) is 40.9 Å². The van der Waals surface area contributed by atoms with Gasteiger partial charge in [0, 0.05) is 13.0 Å². The van der Waals surface area contributed by atoms with Crippen LogP contribution in [0.15, 0.2) is 24.3 Å². The number of hydrogen-bond donors (Lipinski definition) is 2. The Morgan fingerprint density at radius 2 is 1.47 bits per heavy atom. The first-order valence-electron chi connectivity index (χ1n) is 19.1. The molecule has 0 saturated heterocycles. The number of allylic oxidation sites excluding steroid dienone is 3. The summed E-state index contributed by atoms with van der Waals surface area (Å²) in [7, 11) is 0. The highest BCUT2D eigenvalue weighted by molar-refractivity contribution is 5.83. The van der Waals surface area contributed by atoms with Crippen LogP contribution < -0.4 is 5.32 Å². The normalized spacial score (nSPS) is 41.3. The SMILES string of the molecule is C=C(C)[C@@H]1CC[C@]2(C(=O)NCCCCCCCCCCC(=O)O)CC[C@]3(C)[C@H](CC[C@@H]4[C@@]5(C)CC=CC(C)(C)[C@@H]5CC[C@]43C)[C@@H]12. The van der Waals surface area contributed by atoms with E-state index in [0.717, 1.165) is 69.7 Å². The van der Waals surface area contributed by atoms with E-state index in [1.807, 2.05) is 0 Å². The lowest BCUT2D eigenvalue weighted by Crippen LogP contribution is -2.66. The summed E-state index contributed by atoms with van der Waals surface area (Å²) in [6.07, 6.45) is 25.0. The molecule has 0 aromatic rings. The van der Waals surface area contributed by atoms with Crippen LogP contribution in [0.25, 0.3) is 0 Å². The van der Waals surface area contributed by atoms with Gasteiger partial charge in [0.2, 0.25) is 5.91 Å². The van der Waals surface area contributed by atoms with Crippen molar-refractivity contribution in [2.75, 3.05) is 6.54 Å². The van der Waals surface area contributed by atoms with Crippen LogP contribution in [0.5, 0.6) is 0 Å². The molecule has 45 heavy (non-hydrogen) atoms.